The van der Waals surface area contributed by atoms with Gasteiger partial charge in [-0.1, -0.05) is 12.1 Å². The fourth-order valence-corrected chi connectivity index (χ4v) is 6.08. The maximum atomic E-state index is 13.9. The smallest absolute Gasteiger partial charge is 0.311 e. The first-order valence-corrected chi connectivity index (χ1v) is 14.5. The lowest BCUT2D eigenvalue weighted by Crippen LogP contribution is -2.32. The predicted octanol–water partition coefficient (Wildman–Crippen LogP) is 6.88. The number of aryl methyl sites for hydroxylation is 1. The van der Waals surface area contributed by atoms with Crippen molar-refractivity contribution in [2.75, 3.05) is 12.4 Å². The molecule has 0 amide bonds. The van der Waals surface area contributed by atoms with Crippen LogP contribution in [-0.2, 0) is 16.5 Å². The van der Waals surface area contributed by atoms with Gasteiger partial charge in [-0.25, -0.2) is 0 Å². The van der Waals surface area contributed by atoms with Crippen molar-refractivity contribution in [2.45, 2.75) is 58.8 Å². The molecule has 196 valence electrons. The molecule has 2 heterocycles. The van der Waals surface area contributed by atoms with Crippen LogP contribution in [0.3, 0.4) is 0 Å². The second-order valence-electron chi connectivity index (χ2n) is 10.2. The Morgan fingerprint density at radius 3 is 2.38 bits per heavy atom. The van der Waals surface area contributed by atoms with Crippen LogP contribution in [0.2, 0.25) is 0 Å². The number of hydrogen-bond donors (Lipinski definition) is 1. The number of nitrogens with one attached hydrogen (secondary N) is 1. The van der Waals surface area contributed by atoms with Gasteiger partial charge in [-0.2, -0.15) is 8.42 Å². The first-order valence-electron chi connectivity index (χ1n) is 12.2. The van der Waals surface area contributed by atoms with Crippen LogP contribution in [0.1, 0.15) is 60.3 Å². The number of carbonyl (C=O) groups is 1. The number of ether oxygens (including phenoxy) is 1. The van der Waals surface area contributed by atoms with Gasteiger partial charge in [-0.15, -0.1) is 11.3 Å². The monoisotopic (exact) mass is 539 g/mol. The lowest BCUT2D eigenvalue weighted by atomic mass is 9.83. The highest BCUT2D eigenvalue weighted by Gasteiger charge is 2.30. The van der Waals surface area contributed by atoms with Gasteiger partial charge in [0.1, 0.15) is 11.5 Å². The van der Waals surface area contributed by atoms with Crippen LogP contribution in [0.5, 0.6) is 11.5 Å². The van der Waals surface area contributed by atoms with Crippen molar-refractivity contribution in [3.05, 3.63) is 69.4 Å². The van der Waals surface area contributed by atoms with Gasteiger partial charge >= 0.3 is 10.1 Å². The molecule has 1 aliphatic rings. The van der Waals surface area contributed by atoms with Crippen molar-refractivity contribution in [3.8, 4) is 22.6 Å². The number of fused-ring (bicyclic) bond motifs is 1. The Bertz CT molecular complexity index is 1500. The zero-order valence-electron chi connectivity index (χ0n) is 22.3. The summed E-state index contributed by atoms with van der Waals surface area (Å²) in [5.74, 6) is 0.588. The molecule has 1 N–H and O–H groups in total. The molecule has 4 rings (SSSR count). The average Bonchev–Trinajstić information content (AvgIpc) is 3.21. The SMILES string of the molecule is COc1cc(OS(=O)(=O)C(C)C)ccc1-c1ccc2c(c1C(=O)Cc1ccc(C)s1)C(C)=CC(C)(C)N2. The van der Waals surface area contributed by atoms with E-state index < -0.39 is 15.4 Å². The van der Waals surface area contributed by atoms with Crippen LogP contribution in [0.25, 0.3) is 16.7 Å². The fourth-order valence-electron chi connectivity index (χ4n) is 4.63. The number of thiophene rings is 1. The van der Waals surface area contributed by atoms with E-state index in [2.05, 4.69) is 25.2 Å². The molecule has 0 unspecified atom stereocenters. The van der Waals surface area contributed by atoms with Crippen LogP contribution >= 0.6 is 11.3 Å². The molecular formula is C29H33NO5S2. The van der Waals surface area contributed by atoms with Crippen molar-refractivity contribution in [3.63, 3.8) is 0 Å². The van der Waals surface area contributed by atoms with Crippen molar-refractivity contribution in [1.29, 1.82) is 0 Å². The molecule has 0 saturated heterocycles. The summed E-state index contributed by atoms with van der Waals surface area (Å²) in [4.78, 5) is 16.1. The van der Waals surface area contributed by atoms with E-state index in [1.807, 2.05) is 38.1 Å². The third kappa shape index (κ3) is 5.60. The lowest BCUT2D eigenvalue weighted by molar-refractivity contribution is 0.0994. The van der Waals surface area contributed by atoms with Crippen LogP contribution in [0, 0.1) is 6.92 Å². The molecule has 8 heteroatoms. The summed E-state index contributed by atoms with van der Waals surface area (Å²) in [6, 6.07) is 12.8. The van der Waals surface area contributed by atoms with Crippen molar-refractivity contribution >= 4 is 38.5 Å². The second-order valence-corrected chi connectivity index (χ2v) is 13.7. The van der Waals surface area contributed by atoms with Crippen LogP contribution in [0.15, 0.2) is 48.5 Å². The van der Waals surface area contributed by atoms with E-state index in [9.17, 15) is 13.2 Å². The maximum Gasteiger partial charge on any atom is 0.311 e. The normalized spacial score (nSPS) is 14.5. The zero-order valence-corrected chi connectivity index (χ0v) is 23.9. The number of carbonyl (C=O) groups excluding carboxylic acids is 1. The first kappa shape index (κ1) is 26.9. The third-order valence-corrected chi connectivity index (χ3v) is 8.88. The summed E-state index contributed by atoms with van der Waals surface area (Å²) in [7, 11) is -2.25. The summed E-state index contributed by atoms with van der Waals surface area (Å²) in [5, 5.41) is 2.85. The minimum Gasteiger partial charge on any atom is -0.496 e. The Hall–Kier alpha value is -3.10. The van der Waals surface area contributed by atoms with Gasteiger partial charge in [-0.3, -0.25) is 4.79 Å². The van der Waals surface area contributed by atoms with Crippen LogP contribution < -0.4 is 14.2 Å². The number of anilines is 1. The summed E-state index contributed by atoms with van der Waals surface area (Å²) >= 11 is 1.62. The Labute approximate surface area is 223 Å². The Morgan fingerprint density at radius 1 is 1.05 bits per heavy atom. The second kappa shape index (κ2) is 9.99. The minimum atomic E-state index is -3.76. The molecule has 0 radical (unpaired) electrons. The topological polar surface area (TPSA) is 81.7 Å². The van der Waals surface area contributed by atoms with E-state index in [0.717, 1.165) is 32.1 Å². The molecule has 1 aromatic heterocycles. The van der Waals surface area contributed by atoms with E-state index in [1.165, 1.54) is 7.11 Å². The van der Waals surface area contributed by atoms with Gasteiger partial charge in [0, 0.05) is 44.6 Å². The van der Waals surface area contributed by atoms with E-state index in [4.69, 9.17) is 8.92 Å². The minimum absolute atomic E-state index is 0.00715. The van der Waals surface area contributed by atoms with Gasteiger partial charge in [-0.05, 0) is 83.0 Å². The molecule has 0 spiro atoms. The molecule has 0 fully saturated rings. The number of Topliss-reactive ketones (excluding diaryl/α,β-unsaturated/α-hetero) is 1. The maximum absolute atomic E-state index is 13.9. The van der Waals surface area contributed by atoms with Gasteiger partial charge < -0.3 is 14.2 Å². The number of ketones is 1. The quantitative estimate of drug-likeness (QED) is 0.248. The number of allylic oxidation sites excluding steroid dienone is 1. The third-order valence-electron chi connectivity index (χ3n) is 6.30. The van der Waals surface area contributed by atoms with Crippen molar-refractivity contribution < 1.29 is 22.1 Å². The number of benzene rings is 2. The summed E-state index contributed by atoms with van der Waals surface area (Å²) in [5.41, 5.74) is 4.57. The van der Waals surface area contributed by atoms with Crippen molar-refractivity contribution in [1.82, 2.24) is 0 Å². The molecule has 0 saturated carbocycles. The molecule has 37 heavy (non-hydrogen) atoms. The fraction of sp³-hybridized carbons (Fsp3) is 0.345. The Kier molecular flexibility index (Phi) is 7.27. The number of methoxy groups -OCH3 is 1. The van der Waals surface area contributed by atoms with Crippen LogP contribution in [-0.4, -0.2) is 32.1 Å². The average molecular weight is 540 g/mol. The van der Waals surface area contributed by atoms with Crippen LogP contribution in [0.4, 0.5) is 5.69 Å². The lowest BCUT2D eigenvalue weighted by Gasteiger charge is -2.33. The molecule has 0 aliphatic carbocycles. The molecule has 0 atom stereocenters. The number of hydrogen-bond acceptors (Lipinski definition) is 7. The molecule has 0 bridgehead atoms. The predicted molar refractivity (Wildman–Crippen MR) is 152 cm³/mol. The highest BCUT2D eigenvalue weighted by atomic mass is 32.2. The van der Waals surface area contributed by atoms with E-state index in [1.54, 1.807) is 43.4 Å². The highest BCUT2D eigenvalue weighted by molar-refractivity contribution is 7.87. The van der Waals surface area contributed by atoms with E-state index in [0.29, 0.717) is 16.9 Å². The molecule has 6 nitrogen and oxygen atoms in total. The first-order chi connectivity index (χ1) is 17.3. The summed E-state index contributed by atoms with van der Waals surface area (Å²) in [6.45, 7) is 11.4. The van der Waals surface area contributed by atoms with Gasteiger partial charge in [0.05, 0.1) is 17.9 Å². The molecule has 1 aliphatic heterocycles. The zero-order chi connectivity index (χ0) is 27.1. The van der Waals surface area contributed by atoms with Crippen molar-refractivity contribution in [2.24, 2.45) is 0 Å². The molecule has 2 aromatic carbocycles. The van der Waals surface area contributed by atoms with E-state index in [-0.39, 0.29) is 23.5 Å². The Balaban J connectivity index is 1.88. The standard InChI is InChI=1S/C29H33NO5S2/c1-17(2)37(32,33)35-20-9-11-22(26(14-20)34-7)23-12-13-24-27(18(3)16-29(5,6)30-24)28(23)25(31)15-21-10-8-19(4)36-21/h8-14,16-17,30H,15H2,1-7H3. The summed E-state index contributed by atoms with van der Waals surface area (Å²) in [6.07, 6.45) is 2.42. The number of rotatable bonds is 8. The van der Waals surface area contributed by atoms with Gasteiger partial charge in [0.25, 0.3) is 0 Å². The van der Waals surface area contributed by atoms with Gasteiger partial charge in [0.15, 0.2) is 5.78 Å². The Morgan fingerprint density at radius 2 is 1.76 bits per heavy atom. The summed E-state index contributed by atoms with van der Waals surface area (Å²) < 4.78 is 35.6. The molecule has 3 aromatic rings. The highest BCUT2D eigenvalue weighted by Crippen LogP contribution is 2.43. The molecular weight excluding hydrogens is 506 g/mol. The van der Waals surface area contributed by atoms with E-state index >= 15 is 0 Å². The van der Waals surface area contributed by atoms with Gasteiger partial charge in [0.2, 0.25) is 0 Å². The largest absolute Gasteiger partial charge is 0.496 e.